The molecule has 0 saturated carbocycles. The van der Waals surface area contributed by atoms with Gasteiger partial charge in [0.15, 0.2) is 0 Å². The molecule has 3 unspecified atom stereocenters. The molecule has 0 amide bonds. The fraction of sp³-hybridized carbons (Fsp3) is 0.667. The predicted molar refractivity (Wildman–Crippen MR) is 90.0 cm³/mol. The normalized spacial score (nSPS) is 24.4. The number of thioether (sulfide) groups is 2. The summed E-state index contributed by atoms with van der Waals surface area (Å²) in [5, 5.41) is 4.87. The fourth-order valence-electron chi connectivity index (χ4n) is 2.64. The summed E-state index contributed by atoms with van der Waals surface area (Å²) in [6.45, 7) is 5.39. The van der Waals surface area contributed by atoms with E-state index in [9.17, 15) is 0 Å². The molecule has 1 saturated heterocycles. The highest BCUT2D eigenvalue weighted by Crippen LogP contribution is 2.41. The predicted octanol–water partition coefficient (Wildman–Crippen LogP) is 3.37. The van der Waals surface area contributed by atoms with Gasteiger partial charge in [-0.2, -0.15) is 23.5 Å². The van der Waals surface area contributed by atoms with E-state index in [4.69, 9.17) is 4.74 Å². The van der Waals surface area contributed by atoms with Crippen LogP contribution in [-0.4, -0.2) is 40.6 Å². The van der Waals surface area contributed by atoms with Crippen LogP contribution in [0.15, 0.2) is 18.3 Å². The number of hydrogen-bond acceptors (Lipinski definition) is 5. The van der Waals surface area contributed by atoms with Crippen molar-refractivity contribution in [3.8, 4) is 5.75 Å². The van der Waals surface area contributed by atoms with Gasteiger partial charge in [-0.3, -0.25) is 4.98 Å². The molecule has 1 aliphatic rings. The van der Waals surface area contributed by atoms with E-state index >= 15 is 0 Å². The lowest BCUT2D eigenvalue weighted by atomic mass is 10.0. The van der Waals surface area contributed by atoms with Crippen molar-refractivity contribution in [3.05, 3.63) is 24.0 Å². The van der Waals surface area contributed by atoms with Gasteiger partial charge in [0.25, 0.3) is 0 Å². The zero-order chi connectivity index (χ0) is 14.4. The molecule has 0 aliphatic carbocycles. The molecule has 3 atom stereocenters. The Balaban J connectivity index is 2.29. The lowest BCUT2D eigenvalue weighted by Crippen LogP contribution is -2.39. The van der Waals surface area contributed by atoms with Crippen molar-refractivity contribution in [3.63, 3.8) is 0 Å². The third-order valence-electron chi connectivity index (χ3n) is 3.56. The summed E-state index contributed by atoms with van der Waals surface area (Å²) in [7, 11) is 1.73. The summed E-state index contributed by atoms with van der Waals surface area (Å²) in [6, 6.07) is 4.21. The molecule has 2 heterocycles. The Labute approximate surface area is 130 Å². The van der Waals surface area contributed by atoms with Crippen molar-refractivity contribution in [2.45, 2.75) is 36.8 Å². The van der Waals surface area contributed by atoms with Gasteiger partial charge in [-0.25, -0.2) is 0 Å². The third-order valence-corrected chi connectivity index (χ3v) is 6.91. The molecule has 1 N–H and O–H groups in total. The van der Waals surface area contributed by atoms with E-state index in [0.29, 0.717) is 10.5 Å². The molecular formula is C15H24N2OS2. The maximum Gasteiger partial charge on any atom is 0.142 e. The van der Waals surface area contributed by atoms with E-state index in [0.717, 1.165) is 18.0 Å². The highest BCUT2D eigenvalue weighted by atomic mass is 32.2. The van der Waals surface area contributed by atoms with Crippen LogP contribution >= 0.6 is 23.5 Å². The number of nitrogens with one attached hydrogen (secondary N) is 1. The smallest absolute Gasteiger partial charge is 0.142 e. The van der Waals surface area contributed by atoms with Gasteiger partial charge in [0.1, 0.15) is 11.4 Å². The molecule has 112 valence electrons. The Morgan fingerprint density at radius 3 is 2.90 bits per heavy atom. The zero-order valence-corrected chi connectivity index (χ0v) is 14.1. The molecule has 0 bridgehead atoms. The Morgan fingerprint density at radius 2 is 2.20 bits per heavy atom. The first-order chi connectivity index (χ1) is 9.81. The number of aromatic nitrogens is 1. The van der Waals surface area contributed by atoms with Gasteiger partial charge in [0, 0.05) is 28.2 Å². The summed E-state index contributed by atoms with van der Waals surface area (Å²) in [5.41, 5.74) is 1.05. The molecule has 0 spiro atoms. The van der Waals surface area contributed by atoms with E-state index < -0.39 is 0 Å². The minimum Gasteiger partial charge on any atom is -0.495 e. The zero-order valence-electron chi connectivity index (χ0n) is 12.5. The molecule has 0 radical (unpaired) electrons. The molecule has 1 aromatic heterocycles. The molecule has 2 rings (SSSR count). The van der Waals surface area contributed by atoms with Crippen LogP contribution in [0, 0.1) is 0 Å². The number of ether oxygens (including phenoxy) is 1. The van der Waals surface area contributed by atoms with Crippen LogP contribution < -0.4 is 10.1 Å². The van der Waals surface area contributed by atoms with Crippen LogP contribution in [0.5, 0.6) is 5.75 Å². The summed E-state index contributed by atoms with van der Waals surface area (Å²) < 4.78 is 5.51. The maximum atomic E-state index is 5.51. The Morgan fingerprint density at radius 1 is 1.40 bits per heavy atom. The maximum absolute atomic E-state index is 5.51. The van der Waals surface area contributed by atoms with Crippen molar-refractivity contribution >= 4 is 23.5 Å². The minimum atomic E-state index is 0.263. The van der Waals surface area contributed by atoms with Crippen LogP contribution in [0.2, 0.25) is 0 Å². The van der Waals surface area contributed by atoms with E-state index in [1.54, 1.807) is 7.11 Å². The highest BCUT2D eigenvalue weighted by Gasteiger charge is 2.34. The standard InChI is InChI=1S/C15H24N2OS2/c1-4-12-15(20-10-9-19-12)14(16-5-2)13-11(18-3)7-6-8-17-13/h6-8,12,14-16H,4-5,9-10H2,1-3H3. The Kier molecular flexibility index (Phi) is 6.52. The van der Waals surface area contributed by atoms with E-state index in [1.807, 2.05) is 18.3 Å². The molecule has 1 aromatic rings. The number of pyridine rings is 1. The first-order valence-electron chi connectivity index (χ1n) is 7.27. The highest BCUT2D eigenvalue weighted by molar-refractivity contribution is 8.07. The number of methoxy groups -OCH3 is 1. The molecule has 1 aliphatic heterocycles. The first-order valence-corrected chi connectivity index (χ1v) is 9.37. The largest absolute Gasteiger partial charge is 0.495 e. The molecule has 20 heavy (non-hydrogen) atoms. The van der Waals surface area contributed by atoms with Crippen LogP contribution in [0.3, 0.4) is 0 Å². The van der Waals surface area contributed by atoms with Gasteiger partial charge in [-0.15, -0.1) is 0 Å². The number of hydrogen-bond donors (Lipinski definition) is 1. The number of rotatable bonds is 6. The van der Waals surface area contributed by atoms with Crippen molar-refractivity contribution in [2.24, 2.45) is 0 Å². The van der Waals surface area contributed by atoms with Crippen LogP contribution in [0.25, 0.3) is 0 Å². The lowest BCUT2D eigenvalue weighted by molar-refractivity contribution is 0.391. The molecule has 1 fully saturated rings. The second kappa shape index (κ2) is 8.15. The van der Waals surface area contributed by atoms with Crippen molar-refractivity contribution in [1.82, 2.24) is 10.3 Å². The summed E-state index contributed by atoms with van der Waals surface area (Å²) in [6.07, 6.45) is 3.07. The van der Waals surface area contributed by atoms with Crippen LogP contribution in [0.1, 0.15) is 32.0 Å². The monoisotopic (exact) mass is 312 g/mol. The quantitative estimate of drug-likeness (QED) is 0.871. The first kappa shape index (κ1) is 16.0. The summed E-state index contributed by atoms with van der Waals surface area (Å²) in [5.74, 6) is 3.38. The Bertz CT molecular complexity index is 417. The van der Waals surface area contributed by atoms with E-state index in [1.165, 1.54) is 17.9 Å². The van der Waals surface area contributed by atoms with Crippen LogP contribution in [0.4, 0.5) is 0 Å². The van der Waals surface area contributed by atoms with Gasteiger partial charge >= 0.3 is 0 Å². The SMILES string of the molecule is CCNC(c1ncccc1OC)C1SCCSC1CC. The average Bonchev–Trinajstić information content (AvgIpc) is 2.52. The van der Waals surface area contributed by atoms with Gasteiger partial charge in [-0.1, -0.05) is 13.8 Å². The minimum absolute atomic E-state index is 0.263. The second-order valence-electron chi connectivity index (χ2n) is 4.78. The van der Waals surface area contributed by atoms with Gasteiger partial charge in [0.2, 0.25) is 0 Å². The summed E-state index contributed by atoms with van der Waals surface area (Å²) in [4.78, 5) is 4.60. The topological polar surface area (TPSA) is 34.2 Å². The Hall–Kier alpha value is -0.390. The second-order valence-corrected chi connectivity index (χ2v) is 7.41. The average molecular weight is 313 g/mol. The van der Waals surface area contributed by atoms with Gasteiger partial charge < -0.3 is 10.1 Å². The van der Waals surface area contributed by atoms with Crippen molar-refractivity contribution < 1.29 is 4.74 Å². The fourth-order valence-corrected chi connectivity index (χ4v) is 5.87. The molecule has 3 nitrogen and oxygen atoms in total. The lowest BCUT2D eigenvalue weighted by Gasteiger charge is -2.36. The van der Waals surface area contributed by atoms with Gasteiger partial charge in [-0.05, 0) is 25.1 Å². The molecule has 0 aromatic carbocycles. The molecule has 5 heteroatoms. The molecular weight excluding hydrogens is 288 g/mol. The third kappa shape index (κ3) is 3.62. The van der Waals surface area contributed by atoms with Crippen LogP contribution in [-0.2, 0) is 0 Å². The van der Waals surface area contributed by atoms with E-state index in [2.05, 4.69) is 47.7 Å². The van der Waals surface area contributed by atoms with Crippen molar-refractivity contribution in [1.29, 1.82) is 0 Å². The number of nitrogens with zero attached hydrogens (tertiary/aromatic N) is 1. The summed E-state index contributed by atoms with van der Waals surface area (Å²) >= 11 is 4.18. The van der Waals surface area contributed by atoms with Gasteiger partial charge in [0.05, 0.1) is 13.2 Å². The van der Waals surface area contributed by atoms with E-state index in [-0.39, 0.29) is 6.04 Å². The van der Waals surface area contributed by atoms with Crippen molar-refractivity contribution in [2.75, 3.05) is 25.2 Å².